The average Bonchev–Trinajstić information content (AvgIpc) is 3.28. The second-order valence-electron chi connectivity index (χ2n) is 9.78. The van der Waals surface area contributed by atoms with Crippen molar-refractivity contribution in [1.82, 2.24) is 4.57 Å². The van der Waals surface area contributed by atoms with E-state index in [2.05, 4.69) is 38.1 Å². The van der Waals surface area contributed by atoms with Crippen LogP contribution in [-0.2, 0) is 19.6 Å². The van der Waals surface area contributed by atoms with E-state index in [-0.39, 0.29) is 5.88 Å². The molecule has 0 saturated carbocycles. The van der Waals surface area contributed by atoms with Gasteiger partial charge in [0.15, 0.2) is 17.4 Å². The molecule has 3 aromatic carbocycles. The molecule has 1 aromatic heterocycles. The van der Waals surface area contributed by atoms with Gasteiger partial charge in [-0.1, -0.05) is 82.0 Å². The molecule has 0 unspecified atom stereocenters. The predicted octanol–water partition coefficient (Wildman–Crippen LogP) is 8.31. The molecule has 4 aromatic rings. The zero-order valence-electron chi connectivity index (χ0n) is 22.8. The third kappa shape index (κ3) is 7.47. The van der Waals surface area contributed by atoms with Gasteiger partial charge in [0.25, 0.3) is 0 Å². The topological polar surface area (TPSA) is 52.9 Å². The van der Waals surface area contributed by atoms with E-state index in [1.54, 1.807) is 0 Å². The molecule has 0 radical (unpaired) electrons. The highest BCUT2D eigenvalue weighted by Crippen LogP contribution is 2.41. The van der Waals surface area contributed by atoms with E-state index in [0.29, 0.717) is 26.4 Å². The molecule has 0 spiro atoms. The molecule has 0 atom stereocenters. The molecule has 202 valence electrons. The molecule has 0 fully saturated rings. The van der Waals surface area contributed by atoms with Crippen molar-refractivity contribution in [3.05, 3.63) is 84.1 Å². The van der Waals surface area contributed by atoms with Crippen LogP contribution in [0.1, 0.15) is 63.5 Å². The highest BCUT2D eigenvalue weighted by atomic mass is 16.5. The smallest absolute Gasteiger partial charge is 0.199 e. The first kappa shape index (κ1) is 27.4. The summed E-state index contributed by atoms with van der Waals surface area (Å²) in [5.74, 6) is 2.61. The highest BCUT2D eigenvalue weighted by Gasteiger charge is 2.17. The summed E-state index contributed by atoms with van der Waals surface area (Å²) < 4.78 is 20.2. The van der Waals surface area contributed by atoms with Crippen LogP contribution in [0.2, 0.25) is 0 Å². The number of ether oxygens (including phenoxy) is 3. The molecule has 0 bridgehead atoms. The van der Waals surface area contributed by atoms with Crippen LogP contribution in [-0.4, -0.2) is 22.9 Å². The molecule has 0 saturated heterocycles. The molecule has 4 rings (SSSR count). The first-order chi connectivity index (χ1) is 18.7. The van der Waals surface area contributed by atoms with Crippen LogP contribution in [0.3, 0.4) is 0 Å². The Labute approximate surface area is 227 Å². The SMILES string of the molecule is CCCCCOc1ccc2c(O)n(CCc3ccc(OCc4ccccc4)cc3)cc2c1OCCCCC. The van der Waals surface area contributed by atoms with Crippen LogP contribution in [0.5, 0.6) is 23.1 Å². The monoisotopic (exact) mass is 515 g/mol. The fraction of sp³-hybridized carbons (Fsp3) is 0.394. The van der Waals surface area contributed by atoms with Crippen LogP contribution in [0.4, 0.5) is 0 Å². The zero-order valence-corrected chi connectivity index (χ0v) is 22.8. The maximum Gasteiger partial charge on any atom is 0.199 e. The van der Waals surface area contributed by atoms with Gasteiger partial charge >= 0.3 is 0 Å². The summed E-state index contributed by atoms with van der Waals surface area (Å²) >= 11 is 0. The van der Waals surface area contributed by atoms with E-state index < -0.39 is 0 Å². The lowest BCUT2D eigenvalue weighted by Crippen LogP contribution is -2.03. The lowest BCUT2D eigenvalue weighted by atomic mass is 10.1. The summed E-state index contributed by atoms with van der Waals surface area (Å²) in [6.07, 6.45) is 9.38. The van der Waals surface area contributed by atoms with Gasteiger partial charge in [-0.3, -0.25) is 0 Å². The standard InChI is InChI=1S/C33H41NO4/c1-3-5-10-22-36-31-19-18-29-30(32(31)37-23-11-6-4-2)24-34(33(29)35)21-20-26-14-16-28(17-15-26)38-25-27-12-8-7-9-13-27/h7-9,12-19,24,35H,3-6,10-11,20-23,25H2,1-2H3. The van der Waals surface area contributed by atoms with E-state index in [1.165, 1.54) is 5.56 Å². The van der Waals surface area contributed by atoms with Gasteiger partial charge in [0.05, 0.1) is 13.2 Å². The molecule has 0 aliphatic carbocycles. The number of aromatic hydroxyl groups is 1. The van der Waals surface area contributed by atoms with Gasteiger partial charge in [0.1, 0.15) is 12.4 Å². The molecule has 0 aliphatic rings. The van der Waals surface area contributed by atoms with Crippen LogP contribution < -0.4 is 14.2 Å². The minimum Gasteiger partial charge on any atom is -0.494 e. The Morgan fingerprint density at radius 2 is 1.39 bits per heavy atom. The number of fused-ring (bicyclic) bond motifs is 1. The number of hydrogen-bond acceptors (Lipinski definition) is 4. The quantitative estimate of drug-likeness (QED) is 0.152. The van der Waals surface area contributed by atoms with Crippen LogP contribution >= 0.6 is 0 Å². The minimum atomic E-state index is 0.263. The second-order valence-corrected chi connectivity index (χ2v) is 9.78. The van der Waals surface area contributed by atoms with Crippen molar-refractivity contribution in [3.63, 3.8) is 0 Å². The van der Waals surface area contributed by atoms with Crippen LogP contribution in [0.25, 0.3) is 10.8 Å². The fourth-order valence-corrected chi connectivity index (χ4v) is 4.51. The van der Waals surface area contributed by atoms with Crippen molar-refractivity contribution >= 4 is 10.8 Å². The maximum absolute atomic E-state index is 11.0. The Balaban J connectivity index is 1.43. The number of rotatable bonds is 16. The zero-order chi connectivity index (χ0) is 26.6. The van der Waals surface area contributed by atoms with Crippen molar-refractivity contribution in [2.24, 2.45) is 0 Å². The first-order valence-electron chi connectivity index (χ1n) is 14.1. The second kappa shape index (κ2) is 14.4. The summed E-state index contributed by atoms with van der Waals surface area (Å²) in [6.45, 7) is 6.90. The molecular weight excluding hydrogens is 474 g/mol. The van der Waals surface area contributed by atoms with Gasteiger partial charge in [-0.15, -0.1) is 0 Å². The normalized spacial score (nSPS) is 11.1. The average molecular weight is 516 g/mol. The van der Waals surface area contributed by atoms with Crippen molar-refractivity contribution in [2.45, 2.75) is 71.9 Å². The predicted molar refractivity (Wildman–Crippen MR) is 155 cm³/mol. The number of benzene rings is 3. The van der Waals surface area contributed by atoms with Crippen molar-refractivity contribution in [2.75, 3.05) is 13.2 Å². The number of aromatic nitrogens is 1. The van der Waals surface area contributed by atoms with Crippen LogP contribution in [0, 0.1) is 0 Å². The summed E-state index contributed by atoms with van der Waals surface area (Å²) in [7, 11) is 0. The van der Waals surface area contributed by atoms with E-state index >= 15 is 0 Å². The Hall–Kier alpha value is -3.60. The molecule has 0 amide bonds. The molecule has 38 heavy (non-hydrogen) atoms. The molecule has 5 nitrogen and oxygen atoms in total. The molecule has 1 heterocycles. The number of nitrogens with zero attached hydrogens (tertiary/aromatic N) is 1. The molecule has 1 N–H and O–H groups in total. The summed E-state index contributed by atoms with van der Waals surface area (Å²) in [4.78, 5) is 0. The number of hydrogen-bond donors (Lipinski definition) is 1. The molecular formula is C33H41NO4. The van der Waals surface area contributed by atoms with Gasteiger partial charge in [0, 0.05) is 23.5 Å². The third-order valence-corrected chi connectivity index (χ3v) is 6.77. The van der Waals surface area contributed by atoms with Gasteiger partial charge in [-0.2, -0.15) is 0 Å². The van der Waals surface area contributed by atoms with Gasteiger partial charge in [-0.05, 0) is 54.7 Å². The minimum absolute atomic E-state index is 0.263. The van der Waals surface area contributed by atoms with Gasteiger partial charge < -0.3 is 23.9 Å². The largest absolute Gasteiger partial charge is 0.494 e. The lowest BCUT2D eigenvalue weighted by Gasteiger charge is -2.14. The summed E-state index contributed by atoms with van der Waals surface area (Å²) in [6, 6.07) is 22.2. The summed E-state index contributed by atoms with van der Waals surface area (Å²) in [5.41, 5.74) is 2.33. The van der Waals surface area contributed by atoms with Crippen molar-refractivity contribution in [1.29, 1.82) is 0 Å². The fourth-order valence-electron chi connectivity index (χ4n) is 4.51. The van der Waals surface area contributed by atoms with Gasteiger partial charge in [0.2, 0.25) is 0 Å². The number of aryl methyl sites for hydroxylation is 2. The maximum atomic E-state index is 11.0. The molecule has 0 aliphatic heterocycles. The Kier molecular flexibility index (Phi) is 10.4. The van der Waals surface area contributed by atoms with Crippen molar-refractivity contribution in [3.8, 4) is 23.1 Å². The van der Waals surface area contributed by atoms with E-state index in [9.17, 15) is 5.11 Å². The van der Waals surface area contributed by atoms with Crippen molar-refractivity contribution < 1.29 is 19.3 Å². The number of unbranched alkanes of at least 4 members (excludes halogenated alkanes) is 4. The van der Waals surface area contributed by atoms with Gasteiger partial charge in [-0.25, -0.2) is 0 Å². The molecule has 5 heteroatoms. The Morgan fingerprint density at radius 3 is 2.11 bits per heavy atom. The first-order valence-corrected chi connectivity index (χ1v) is 14.1. The van der Waals surface area contributed by atoms with E-state index in [0.717, 1.165) is 78.5 Å². The Morgan fingerprint density at radius 1 is 0.684 bits per heavy atom. The Bertz CT molecular complexity index is 1250. The highest BCUT2D eigenvalue weighted by molar-refractivity contribution is 5.94. The van der Waals surface area contributed by atoms with Crippen LogP contribution in [0.15, 0.2) is 72.9 Å². The summed E-state index contributed by atoms with van der Waals surface area (Å²) in [5, 5.41) is 12.7. The lowest BCUT2D eigenvalue weighted by molar-refractivity contribution is 0.262. The van der Waals surface area contributed by atoms with E-state index in [1.807, 2.05) is 53.2 Å². The third-order valence-electron chi connectivity index (χ3n) is 6.77. The van der Waals surface area contributed by atoms with E-state index in [4.69, 9.17) is 14.2 Å².